The summed E-state index contributed by atoms with van der Waals surface area (Å²) in [5.74, 6) is -0.705. The Balaban J connectivity index is 0.000000382. The molecule has 4 nitrogen and oxygen atoms in total. The summed E-state index contributed by atoms with van der Waals surface area (Å²) in [4.78, 5) is 22.5. The standard InChI is InChI=1S/C11H14O2.C11H12O2/c2*1-3-9-6-10(8(2)13)4-5-11(9)7-12/h4-6,12H,3,7H2,1-2H3;3-6,12H,1,7H2,2H3/i1D3,3D2,7D2;1D2,3D,7D2. The molecule has 26 heavy (non-hydrogen) atoms. The molecule has 0 bridgehead atoms. The van der Waals surface area contributed by atoms with Gasteiger partial charge in [0.15, 0.2) is 11.6 Å². The molecule has 2 aromatic rings. The Morgan fingerprint density at radius 1 is 1.08 bits per heavy atom. The van der Waals surface area contributed by atoms with Crippen LogP contribution in [-0.4, -0.2) is 21.8 Å². The van der Waals surface area contributed by atoms with E-state index in [1.54, 1.807) is 0 Å². The highest BCUT2D eigenvalue weighted by Crippen LogP contribution is 2.14. The van der Waals surface area contributed by atoms with Crippen molar-refractivity contribution in [3.8, 4) is 0 Å². The normalized spacial score (nSPS) is 18.6. The molecule has 138 valence electrons. The summed E-state index contributed by atoms with van der Waals surface area (Å²) in [6.07, 6.45) is -2.90. The molecule has 0 radical (unpaired) electrons. The highest BCUT2D eigenvalue weighted by Gasteiger charge is 2.04. The van der Waals surface area contributed by atoms with Gasteiger partial charge in [0.2, 0.25) is 0 Å². The predicted octanol–water partition coefficient (Wildman–Crippen LogP) is 3.97. The van der Waals surface area contributed by atoms with Crippen LogP contribution in [0.1, 0.15) is 80.1 Å². The van der Waals surface area contributed by atoms with E-state index >= 15 is 0 Å². The molecule has 2 rings (SSSR count). The molecule has 2 aromatic carbocycles. The molecule has 0 heterocycles. The lowest BCUT2D eigenvalue weighted by molar-refractivity contribution is 0.100. The summed E-state index contributed by atoms with van der Waals surface area (Å²) in [6.45, 7) is -6.97. The molecule has 0 spiro atoms. The minimum atomic E-state index is -3.07. The summed E-state index contributed by atoms with van der Waals surface area (Å²) in [6, 6.07) is 6.38. The van der Waals surface area contributed by atoms with Crippen LogP contribution >= 0.6 is 0 Å². The van der Waals surface area contributed by atoms with Crippen molar-refractivity contribution in [2.75, 3.05) is 0 Å². The average molecular weight is 367 g/mol. The smallest absolute Gasteiger partial charge is 0.159 e. The SMILES string of the molecule is [2H]C([2H])(O)c1ccc(C(C)=O)cc1C([2H])([2H])C([2H])([2H])[2H].[2H]C([2H])=C([2H])c1cc(C(C)=O)ccc1C([2H])([2H])O. The maximum atomic E-state index is 11.3. The lowest BCUT2D eigenvalue weighted by atomic mass is 10.0. The lowest BCUT2D eigenvalue weighted by Gasteiger charge is -2.06. The number of ketones is 2. The zero-order valence-corrected chi connectivity index (χ0v) is 14.2. The van der Waals surface area contributed by atoms with E-state index in [1.165, 1.54) is 38.1 Å². The molecule has 0 aliphatic rings. The molecule has 2 N–H and O–H groups in total. The fourth-order valence-electron chi connectivity index (χ4n) is 1.93. The van der Waals surface area contributed by atoms with Gasteiger partial charge in [0.25, 0.3) is 0 Å². The maximum Gasteiger partial charge on any atom is 0.159 e. The maximum absolute atomic E-state index is 11.3. The van der Waals surface area contributed by atoms with Crippen molar-refractivity contribution in [3.05, 3.63) is 76.3 Å². The van der Waals surface area contributed by atoms with Crippen molar-refractivity contribution >= 4 is 17.6 Å². The van der Waals surface area contributed by atoms with Crippen molar-refractivity contribution < 1.29 is 36.3 Å². The van der Waals surface area contributed by atoms with Crippen molar-refractivity contribution in [1.29, 1.82) is 0 Å². The highest BCUT2D eigenvalue weighted by atomic mass is 16.3. The van der Waals surface area contributed by atoms with Crippen LogP contribution in [0.3, 0.4) is 0 Å². The third-order valence-corrected chi connectivity index (χ3v) is 3.36. The van der Waals surface area contributed by atoms with Gasteiger partial charge in [-0.3, -0.25) is 9.59 Å². The van der Waals surface area contributed by atoms with Crippen LogP contribution < -0.4 is 0 Å². The number of carbonyl (C=O) groups is 2. The zero-order chi connectivity index (χ0) is 30.0. The Labute approximate surface area is 171 Å². The van der Waals surface area contributed by atoms with Gasteiger partial charge >= 0.3 is 0 Å². The molecule has 0 saturated carbocycles. The predicted molar refractivity (Wildman–Crippen MR) is 104 cm³/mol. The van der Waals surface area contributed by atoms with Crippen molar-refractivity contribution in [3.63, 3.8) is 0 Å². The van der Waals surface area contributed by atoms with E-state index in [4.69, 9.17) is 16.4 Å². The van der Waals surface area contributed by atoms with Gasteiger partial charge in [0.1, 0.15) is 0 Å². The summed E-state index contributed by atoms with van der Waals surface area (Å²) >= 11 is 0. The first-order chi connectivity index (χ1) is 16.9. The Bertz CT molecular complexity index is 1230. The number of benzene rings is 2. The Morgan fingerprint density at radius 2 is 1.65 bits per heavy atom. The van der Waals surface area contributed by atoms with E-state index in [1.807, 2.05) is 0 Å². The molecule has 0 unspecified atom stereocenters. The topological polar surface area (TPSA) is 74.6 Å². The van der Waals surface area contributed by atoms with Crippen molar-refractivity contribution in [1.82, 2.24) is 0 Å². The molecule has 0 aliphatic carbocycles. The van der Waals surface area contributed by atoms with Gasteiger partial charge in [-0.25, -0.2) is 0 Å². The molecule has 0 atom stereocenters. The van der Waals surface area contributed by atoms with Gasteiger partial charge in [0.05, 0.1) is 22.7 Å². The van der Waals surface area contributed by atoms with E-state index < -0.39 is 55.8 Å². The van der Waals surface area contributed by atoms with Crippen LogP contribution in [0.5, 0.6) is 0 Å². The molecule has 0 aromatic heterocycles. The first kappa shape index (κ1) is 9.40. The molecule has 0 saturated heterocycles. The Morgan fingerprint density at radius 3 is 2.15 bits per heavy atom. The van der Waals surface area contributed by atoms with Crippen LogP contribution in [0, 0.1) is 0 Å². The number of hydrogen-bond acceptors (Lipinski definition) is 4. The van der Waals surface area contributed by atoms with Gasteiger partial charge in [-0.1, -0.05) is 43.7 Å². The Hall–Kier alpha value is -2.56. The van der Waals surface area contributed by atoms with Gasteiger partial charge in [-0.05, 0) is 54.6 Å². The van der Waals surface area contributed by atoms with Crippen LogP contribution in [0.2, 0.25) is 0 Å². The number of carbonyl (C=O) groups excluding carboxylic acids is 2. The van der Waals surface area contributed by atoms with Gasteiger partial charge in [0, 0.05) is 18.0 Å². The summed E-state index contributed by atoms with van der Waals surface area (Å²) in [7, 11) is 0. The summed E-state index contributed by atoms with van der Waals surface area (Å²) in [5, 5.41) is 18.8. The number of rotatable bonds is 6. The second-order valence-electron chi connectivity index (χ2n) is 5.11. The second-order valence-corrected chi connectivity index (χ2v) is 5.11. The second kappa shape index (κ2) is 10.4. The van der Waals surface area contributed by atoms with Crippen molar-refractivity contribution in [2.45, 2.75) is 40.2 Å². The van der Waals surface area contributed by atoms with Crippen LogP contribution in [0.15, 0.2) is 42.9 Å². The molecule has 0 fully saturated rings. The van der Waals surface area contributed by atoms with Crippen LogP contribution in [0.4, 0.5) is 0 Å². The van der Waals surface area contributed by atoms with Gasteiger partial charge in [-0.2, -0.15) is 0 Å². The molecule has 4 heteroatoms. The summed E-state index contributed by atoms with van der Waals surface area (Å²) < 4.78 is 87.7. The van der Waals surface area contributed by atoms with Gasteiger partial charge < -0.3 is 10.2 Å². The minimum absolute atomic E-state index is 0.0427. The van der Waals surface area contributed by atoms with Crippen LogP contribution in [-0.2, 0) is 19.5 Å². The monoisotopic (exact) mass is 366 g/mol. The fourth-order valence-corrected chi connectivity index (χ4v) is 1.93. The number of aliphatic hydroxyl groups is 2. The minimum Gasteiger partial charge on any atom is -0.392 e. The van der Waals surface area contributed by atoms with E-state index in [0.29, 0.717) is 0 Å². The average Bonchev–Trinajstić information content (AvgIpc) is 2.76. The molecular weight excluding hydrogens is 328 g/mol. The molecular formula is C22H26O4. The fraction of sp³-hybridized carbons (Fsp3) is 0.273. The quantitative estimate of drug-likeness (QED) is 0.759. The Kier molecular flexibility index (Phi) is 3.77. The van der Waals surface area contributed by atoms with Gasteiger partial charge in [-0.15, -0.1) is 0 Å². The van der Waals surface area contributed by atoms with E-state index in [0.717, 1.165) is 12.1 Å². The third-order valence-electron chi connectivity index (χ3n) is 3.36. The largest absolute Gasteiger partial charge is 0.392 e. The van der Waals surface area contributed by atoms with E-state index in [2.05, 4.69) is 0 Å². The first-order valence-electron chi connectivity index (χ1n) is 13.3. The summed E-state index contributed by atoms with van der Waals surface area (Å²) in [5.41, 5.74) is -1.17. The molecule has 0 amide bonds. The number of hydrogen-bond donors (Lipinski definition) is 2. The van der Waals surface area contributed by atoms with E-state index in [-0.39, 0.29) is 28.0 Å². The van der Waals surface area contributed by atoms with Crippen molar-refractivity contribution in [2.24, 2.45) is 0 Å². The molecule has 0 aliphatic heterocycles. The van der Waals surface area contributed by atoms with Crippen LogP contribution in [0.25, 0.3) is 6.05 Å². The lowest BCUT2D eigenvalue weighted by Crippen LogP contribution is -1.98. The number of Topliss-reactive ketones (excluding diaryl/α,β-unsaturated/α-hetero) is 2. The number of aryl methyl sites for hydroxylation is 1. The zero-order valence-electron chi connectivity index (χ0n) is 26.2. The highest BCUT2D eigenvalue weighted by molar-refractivity contribution is 5.95. The first-order valence-corrected chi connectivity index (χ1v) is 7.33. The van der Waals surface area contributed by atoms with E-state index in [9.17, 15) is 19.8 Å². The third kappa shape index (κ3) is 5.76.